The number of hydrogen-bond donors (Lipinski definition) is 2. The Balaban J connectivity index is 2.22. The van der Waals surface area contributed by atoms with Crippen LogP contribution in [0.1, 0.15) is 45.1 Å². The van der Waals surface area contributed by atoms with Gasteiger partial charge in [0.05, 0.1) is 5.60 Å². The number of rotatable bonds is 4. The second-order valence-electron chi connectivity index (χ2n) is 6.14. The van der Waals surface area contributed by atoms with Gasteiger partial charge in [-0.05, 0) is 50.8 Å². The summed E-state index contributed by atoms with van der Waals surface area (Å²) in [5.41, 5.74) is 6.58. The van der Waals surface area contributed by atoms with E-state index in [4.69, 9.17) is 5.73 Å². The lowest BCUT2D eigenvalue weighted by atomic mass is 9.59. The third-order valence-electron chi connectivity index (χ3n) is 4.09. The number of hydrogen-bond acceptors (Lipinski definition) is 2. The Hall–Kier alpha value is -0.930. The molecular weight excluding hydrogens is 229 g/mol. The van der Waals surface area contributed by atoms with Crippen LogP contribution >= 0.6 is 0 Å². The van der Waals surface area contributed by atoms with Crippen LogP contribution in [-0.2, 0) is 5.41 Å². The zero-order valence-corrected chi connectivity index (χ0v) is 11.1. The number of nitrogens with two attached hydrogens (primary N) is 1. The van der Waals surface area contributed by atoms with E-state index in [1.54, 1.807) is 13.8 Å². The maximum Gasteiger partial charge on any atom is 0.123 e. The van der Waals surface area contributed by atoms with Gasteiger partial charge in [0.15, 0.2) is 0 Å². The Kier molecular flexibility index (Phi) is 3.47. The first-order valence-electron chi connectivity index (χ1n) is 6.57. The van der Waals surface area contributed by atoms with Crippen molar-refractivity contribution < 1.29 is 9.50 Å². The second-order valence-corrected chi connectivity index (χ2v) is 6.14. The summed E-state index contributed by atoms with van der Waals surface area (Å²) in [6, 6.07) is 6.56. The van der Waals surface area contributed by atoms with E-state index in [9.17, 15) is 9.50 Å². The van der Waals surface area contributed by atoms with Gasteiger partial charge in [-0.15, -0.1) is 0 Å². The van der Waals surface area contributed by atoms with E-state index >= 15 is 0 Å². The van der Waals surface area contributed by atoms with Crippen molar-refractivity contribution in [1.82, 2.24) is 0 Å². The second kappa shape index (κ2) is 4.63. The summed E-state index contributed by atoms with van der Waals surface area (Å²) in [5.74, 6) is -0.218. The van der Waals surface area contributed by atoms with Crippen LogP contribution in [0, 0.1) is 5.82 Å². The predicted molar refractivity (Wildman–Crippen MR) is 70.8 cm³/mol. The van der Waals surface area contributed by atoms with Gasteiger partial charge < -0.3 is 10.8 Å². The molecule has 1 aromatic rings. The van der Waals surface area contributed by atoms with Crippen LogP contribution in [0.5, 0.6) is 0 Å². The number of aliphatic hydroxyl groups is 1. The third kappa shape index (κ3) is 2.57. The maximum atomic E-state index is 13.0. The molecule has 0 spiro atoms. The highest BCUT2D eigenvalue weighted by Crippen LogP contribution is 2.47. The SMILES string of the molecule is CC(C)(O)CC(N)C1(c2ccc(F)cc2)CCC1. The molecule has 1 aliphatic carbocycles. The van der Waals surface area contributed by atoms with Crippen LogP contribution in [0.4, 0.5) is 4.39 Å². The fourth-order valence-corrected chi connectivity index (χ4v) is 2.95. The average molecular weight is 251 g/mol. The summed E-state index contributed by atoms with van der Waals surface area (Å²) in [6.45, 7) is 3.56. The zero-order chi connectivity index (χ0) is 13.4. The quantitative estimate of drug-likeness (QED) is 0.864. The Bertz CT molecular complexity index is 403. The van der Waals surface area contributed by atoms with Gasteiger partial charge in [0, 0.05) is 11.5 Å². The smallest absolute Gasteiger partial charge is 0.123 e. The van der Waals surface area contributed by atoms with E-state index in [1.807, 2.05) is 12.1 Å². The normalized spacial score (nSPS) is 20.3. The number of benzene rings is 1. The van der Waals surface area contributed by atoms with Gasteiger partial charge in [0.25, 0.3) is 0 Å². The van der Waals surface area contributed by atoms with Crippen molar-refractivity contribution in [3.8, 4) is 0 Å². The molecule has 2 nitrogen and oxygen atoms in total. The summed E-state index contributed by atoms with van der Waals surface area (Å²) in [7, 11) is 0. The molecule has 0 heterocycles. The monoisotopic (exact) mass is 251 g/mol. The molecule has 0 aromatic heterocycles. The van der Waals surface area contributed by atoms with Crippen molar-refractivity contribution in [2.45, 2.75) is 56.6 Å². The highest BCUT2D eigenvalue weighted by molar-refractivity contribution is 5.31. The molecule has 1 atom stereocenters. The largest absolute Gasteiger partial charge is 0.390 e. The van der Waals surface area contributed by atoms with Gasteiger partial charge in [0.2, 0.25) is 0 Å². The highest BCUT2D eigenvalue weighted by atomic mass is 19.1. The van der Waals surface area contributed by atoms with Crippen LogP contribution in [0.2, 0.25) is 0 Å². The van der Waals surface area contributed by atoms with E-state index in [0.717, 1.165) is 24.8 Å². The lowest BCUT2D eigenvalue weighted by Crippen LogP contribution is -2.52. The van der Waals surface area contributed by atoms with Crippen LogP contribution in [0.25, 0.3) is 0 Å². The first kappa shape index (κ1) is 13.5. The minimum atomic E-state index is -0.762. The van der Waals surface area contributed by atoms with Gasteiger partial charge in [-0.25, -0.2) is 4.39 Å². The van der Waals surface area contributed by atoms with E-state index in [1.165, 1.54) is 12.1 Å². The maximum absolute atomic E-state index is 13.0. The predicted octanol–water partition coefficient (Wildman–Crippen LogP) is 2.74. The van der Waals surface area contributed by atoms with E-state index in [-0.39, 0.29) is 17.3 Å². The standard InChI is InChI=1S/C15H22FNO/c1-14(2,18)10-13(17)15(8-3-9-15)11-4-6-12(16)7-5-11/h4-7,13,18H,3,8-10,17H2,1-2H3. The molecule has 1 aliphatic rings. The Morgan fingerprint density at radius 2 is 1.89 bits per heavy atom. The first-order valence-corrected chi connectivity index (χ1v) is 6.57. The van der Waals surface area contributed by atoms with E-state index < -0.39 is 5.60 Å². The molecule has 18 heavy (non-hydrogen) atoms. The summed E-state index contributed by atoms with van der Waals surface area (Å²) < 4.78 is 13.0. The summed E-state index contributed by atoms with van der Waals surface area (Å²) in [5, 5.41) is 9.92. The lowest BCUT2D eigenvalue weighted by molar-refractivity contribution is 0.0410. The van der Waals surface area contributed by atoms with Crippen molar-refractivity contribution in [2.75, 3.05) is 0 Å². The average Bonchev–Trinajstić information content (AvgIpc) is 2.16. The van der Waals surface area contributed by atoms with E-state index in [0.29, 0.717) is 6.42 Å². The fourth-order valence-electron chi connectivity index (χ4n) is 2.95. The topological polar surface area (TPSA) is 46.2 Å². The molecule has 1 fully saturated rings. The molecular formula is C15H22FNO. The minimum Gasteiger partial charge on any atom is -0.390 e. The summed E-state index contributed by atoms with van der Waals surface area (Å²) in [4.78, 5) is 0. The Morgan fingerprint density at radius 1 is 1.33 bits per heavy atom. The molecule has 3 heteroatoms. The molecule has 1 aromatic carbocycles. The lowest BCUT2D eigenvalue weighted by Gasteiger charge is -2.48. The molecule has 0 saturated heterocycles. The van der Waals surface area contributed by atoms with Crippen molar-refractivity contribution in [2.24, 2.45) is 5.73 Å². The Morgan fingerprint density at radius 3 is 2.28 bits per heavy atom. The molecule has 0 radical (unpaired) electrons. The molecule has 100 valence electrons. The third-order valence-corrected chi connectivity index (χ3v) is 4.09. The molecule has 0 aliphatic heterocycles. The summed E-state index contributed by atoms with van der Waals surface area (Å²) in [6.07, 6.45) is 3.76. The fraction of sp³-hybridized carbons (Fsp3) is 0.600. The Labute approximate surface area is 108 Å². The van der Waals surface area contributed by atoms with Gasteiger partial charge in [-0.1, -0.05) is 18.6 Å². The van der Waals surface area contributed by atoms with Crippen LogP contribution < -0.4 is 5.73 Å². The van der Waals surface area contributed by atoms with Gasteiger partial charge in [-0.2, -0.15) is 0 Å². The van der Waals surface area contributed by atoms with E-state index in [2.05, 4.69) is 0 Å². The van der Waals surface area contributed by atoms with Crippen molar-refractivity contribution in [3.05, 3.63) is 35.6 Å². The van der Waals surface area contributed by atoms with Gasteiger partial charge in [-0.3, -0.25) is 0 Å². The molecule has 0 amide bonds. The van der Waals surface area contributed by atoms with Gasteiger partial charge >= 0.3 is 0 Å². The number of halogens is 1. The molecule has 1 unspecified atom stereocenters. The molecule has 1 saturated carbocycles. The van der Waals surface area contributed by atoms with Crippen molar-refractivity contribution in [3.63, 3.8) is 0 Å². The molecule has 2 rings (SSSR count). The highest BCUT2D eigenvalue weighted by Gasteiger charge is 2.45. The molecule has 3 N–H and O–H groups in total. The first-order chi connectivity index (χ1) is 8.33. The molecule has 0 bridgehead atoms. The van der Waals surface area contributed by atoms with Crippen molar-refractivity contribution >= 4 is 0 Å². The summed E-state index contributed by atoms with van der Waals surface area (Å²) >= 11 is 0. The zero-order valence-electron chi connectivity index (χ0n) is 11.1. The van der Waals surface area contributed by atoms with Crippen LogP contribution in [0.3, 0.4) is 0 Å². The van der Waals surface area contributed by atoms with Crippen LogP contribution in [-0.4, -0.2) is 16.7 Å². The van der Waals surface area contributed by atoms with Gasteiger partial charge in [0.1, 0.15) is 5.82 Å². The van der Waals surface area contributed by atoms with Crippen molar-refractivity contribution in [1.29, 1.82) is 0 Å². The van der Waals surface area contributed by atoms with Crippen LogP contribution in [0.15, 0.2) is 24.3 Å². The minimum absolute atomic E-state index is 0.0757.